The number of hydrogen-bond acceptors (Lipinski definition) is 7. The molecule has 186 valence electrons. The summed E-state index contributed by atoms with van der Waals surface area (Å²) in [4.78, 5) is 27.6. The van der Waals surface area contributed by atoms with Crippen LogP contribution in [0, 0.1) is 5.92 Å². The van der Waals surface area contributed by atoms with E-state index >= 15 is 0 Å². The van der Waals surface area contributed by atoms with E-state index in [-0.39, 0.29) is 18.1 Å². The van der Waals surface area contributed by atoms with Gasteiger partial charge >= 0.3 is 5.97 Å². The fourth-order valence-corrected chi connectivity index (χ4v) is 5.65. The molecule has 10 heteroatoms. The monoisotopic (exact) mass is 515 g/mol. The molecule has 3 aromatic rings. The summed E-state index contributed by atoms with van der Waals surface area (Å²) in [5, 5.41) is 16.6. The average molecular weight is 516 g/mol. The van der Waals surface area contributed by atoms with Crippen molar-refractivity contribution >= 4 is 43.9 Å². The summed E-state index contributed by atoms with van der Waals surface area (Å²) in [7, 11) is -3.40. The van der Waals surface area contributed by atoms with Crippen LogP contribution in [-0.4, -0.2) is 36.1 Å². The Morgan fingerprint density at radius 1 is 1.09 bits per heavy atom. The Labute approximate surface area is 209 Å². The van der Waals surface area contributed by atoms with Crippen LogP contribution in [0.25, 0.3) is 0 Å². The lowest BCUT2D eigenvalue weighted by Gasteiger charge is -2.13. The molecule has 1 aromatic heterocycles. The molecule has 8 nitrogen and oxygen atoms in total. The third-order valence-electron chi connectivity index (χ3n) is 5.22. The van der Waals surface area contributed by atoms with Crippen molar-refractivity contribution in [3.05, 3.63) is 70.7 Å². The molecule has 0 aliphatic heterocycles. The van der Waals surface area contributed by atoms with Gasteiger partial charge in [-0.3, -0.25) is 14.9 Å². The third kappa shape index (κ3) is 7.90. The van der Waals surface area contributed by atoms with Crippen molar-refractivity contribution in [3.63, 3.8) is 0 Å². The van der Waals surface area contributed by atoms with Gasteiger partial charge in [-0.2, -0.15) is 0 Å². The number of sulfone groups is 1. The van der Waals surface area contributed by atoms with Crippen molar-refractivity contribution < 1.29 is 23.1 Å². The van der Waals surface area contributed by atoms with Crippen LogP contribution in [0.15, 0.2) is 58.8 Å². The number of nitrogens with zero attached hydrogens (tertiary/aromatic N) is 1. The molecule has 3 rings (SSSR count). The van der Waals surface area contributed by atoms with Gasteiger partial charge in [-0.15, -0.1) is 11.3 Å². The van der Waals surface area contributed by atoms with Gasteiger partial charge < -0.3 is 10.4 Å². The molecule has 0 aliphatic carbocycles. The first-order valence-corrected chi connectivity index (χ1v) is 13.8. The molecule has 0 radical (unpaired) electrons. The summed E-state index contributed by atoms with van der Waals surface area (Å²) in [6.45, 7) is 4.55. The normalized spacial score (nSPS) is 11.4. The molecule has 0 fully saturated rings. The quantitative estimate of drug-likeness (QED) is 0.315. The predicted molar refractivity (Wildman–Crippen MR) is 138 cm³/mol. The molecule has 0 atom stereocenters. The second kappa shape index (κ2) is 11.9. The van der Waals surface area contributed by atoms with E-state index in [2.05, 4.69) is 29.5 Å². The molecule has 1 heterocycles. The highest BCUT2D eigenvalue weighted by atomic mass is 32.2. The number of thiazole rings is 1. The number of aliphatic carboxylic acids is 1. The lowest BCUT2D eigenvalue weighted by molar-refractivity contribution is -0.136. The second-order valence-corrected chi connectivity index (χ2v) is 11.5. The van der Waals surface area contributed by atoms with Gasteiger partial charge in [0.2, 0.25) is 0 Å². The summed E-state index contributed by atoms with van der Waals surface area (Å²) in [6.07, 6.45) is 1.29. The van der Waals surface area contributed by atoms with Crippen LogP contribution in [0.1, 0.15) is 48.3 Å². The fraction of sp³-hybridized carbons (Fsp3) is 0.320. The molecular formula is C25H29N3O5S2. The number of nitrogens with one attached hydrogen (secondary N) is 2. The number of amides is 1. The van der Waals surface area contributed by atoms with E-state index in [1.165, 1.54) is 11.3 Å². The van der Waals surface area contributed by atoms with E-state index in [1.807, 2.05) is 0 Å². The van der Waals surface area contributed by atoms with Crippen molar-refractivity contribution in [3.8, 4) is 0 Å². The number of hydrogen-bond donors (Lipinski definition) is 3. The van der Waals surface area contributed by atoms with E-state index in [9.17, 15) is 18.0 Å². The Morgan fingerprint density at radius 2 is 1.80 bits per heavy atom. The van der Waals surface area contributed by atoms with Crippen LogP contribution in [0.5, 0.6) is 0 Å². The van der Waals surface area contributed by atoms with Crippen LogP contribution >= 0.6 is 11.3 Å². The van der Waals surface area contributed by atoms with Gasteiger partial charge in [0.05, 0.1) is 28.5 Å². The Balaban J connectivity index is 1.60. The second-order valence-electron chi connectivity index (χ2n) is 8.57. The Kier molecular flexibility index (Phi) is 9.00. The van der Waals surface area contributed by atoms with Gasteiger partial charge in [-0.25, -0.2) is 13.4 Å². The van der Waals surface area contributed by atoms with Gasteiger partial charge in [0.25, 0.3) is 5.91 Å². The van der Waals surface area contributed by atoms with Crippen LogP contribution in [0.3, 0.4) is 0 Å². The molecule has 0 unspecified atom stereocenters. The Hall–Kier alpha value is -3.24. The van der Waals surface area contributed by atoms with E-state index in [0.29, 0.717) is 45.9 Å². The van der Waals surface area contributed by atoms with Crippen LogP contribution in [0.2, 0.25) is 0 Å². The number of carboxylic acid groups (broad SMARTS) is 1. The maximum Gasteiger partial charge on any atom is 0.309 e. The summed E-state index contributed by atoms with van der Waals surface area (Å²) in [5.74, 6) is -0.758. The smallest absolute Gasteiger partial charge is 0.309 e. The minimum Gasteiger partial charge on any atom is -0.481 e. The molecule has 0 bridgehead atoms. The average Bonchev–Trinajstić information content (AvgIpc) is 3.23. The summed E-state index contributed by atoms with van der Waals surface area (Å²) >= 11 is 1.17. The molecule has 1 amide bonds. The molecule has 0 saturated carbocycles. The summed E-state index contributed by atoms with van der Waals surface area (Å²) in [5.41, 5.74) is 2.25. The van der Waals surface area contributed by atoms with Crippen molar-refractivity contribution in [1.29, 1.82) is 0 Å². The SMILES string of the molecule is CC(C)CCCS(=O)(=O)c1ccccc1NCc1ccc(C(=O)Nc2nc(CC(=O)O)cs2)cc1. The molecule has 35 heavy (non-hydrogen) atoms. The van der Waals surface area contributed by atoms with E-state index in [1.54, 1.807) is 53.9 Å². The molecule has 2 aromatic carbocycles. The molecule has 0 saturated heterocycles. The van der Waals surface area contributed by atoms with Gasteiger partial charge in [0.15, 0.2) is 15.0 Å². The molecule has 0 spiro atoms. The van der Waals surface area contributed by atoms with Gasteiger partial charge in [-0.1, -0.05) is 38.1 Å². The standard InChI is InChI=1S/C25H29N3O5S2/c1-17(2)6-5-13-35(32,33)22-8-4-3-7-21(22)26-15-18-9-11-19(12-10-18)24(31)28-25-27-20(16-34-25)14-23(29)30/h3-4,7-12,16-17,26H,5-6,13-15H2,1-2H3,(H,29,30)(H,27,28,31). The number of aromatic nitrogens is 1. The van der Waals surface area contributed by atoms with Crippen LogP contribution in [-0.2, 0) is 27.6 Å². The summed E-state index contributed by atoms with van der Waals surface area (Å²) in [6, 6.07) is 13.8. The van der Waals surface area contributed by atoms with E-state index < -0.39 is 15.8 Å². The van der Waals surface area contributed by atoms with Crippen LogP contribution < -0.4 is 10.6 Å². The summed E-state index contributed by atoms with van der Waals surface area (Å²) < 4.78 is 25.7. The first-order valence-electron chi connectivity index (χ1n) is 11.3. The zero-order valence-corrected chi connectivity index (χ0v) is 21.3. The molecule has 3 N–H and O–H groups in total. The van der Waals surface area contributed by atoms with Gasteiger partial charge in [0.1, 0.15) is 0 Å². The largest absolute Gasteiger partial charge is 0.481 e. The zero-order chi connectivity index (χ0) is 25.4. The predicted octanol–water partition coefficient (Wildman–Crippen LogP) is 4.84. The highest BCUT2D eigenvalue weighted by Gasteiger charge is 2.18. The van der Waals surface area contributed by atoms with Gasteiger partial charge in [-0.05, 0) is 48.6 Å². The number of carbonyl (C=O) groups is 2. The minimum atomic E-state index is -3.40. The van der Waals surface area contributed by atoms with E-state index in [0.717, 1.165) is 12.0 Å². The minimum absolute atomic E-state index is 0.116. The number of rotatable bonds is 12. The third-order valence-corrected chi connectivity index (χ3v) is 7.88. The number of benzene rings is 2. The van der Waals surface area contributed by atoms with Gasteiger partial charge in [0, 0.05) is 17.5 Å². The van der Waals surface area contributed by atoms with E-state index in [4.69, 9.17) is 5.11 Å². The van der Waals surface area contributed by atoms with Crippen molar-refractivity contribution in [2.24, 2.45) is 5.92 Å². The molecule has 0 aliphatic rings. The number of carboxylic acids is 1. The Morgan fingerprint density at radius 3 is 2.49 bits per heavy atom. The number of para-hydroxylation sites is 1. The Bertz CT molecular complexity index is 1270. The maximum absolute atomic E-state index is 12.9. The highest BCUT2D eigenvalue weighted by molar-refractivity contribution is 7.91. The van der Waals surface area contributed by atoms with Crippen molar-refractivity contribution in [2.75, 3.05) is 16.4 Å². The number of carbonyl (C=O) groups excluding carboxylic acids is 1. The first kappa shape index (κ1) is 26.4. The van der Waals surface area contributed by atoms with Crippen LogP contribution in [0.4, 0.5) is 10.8 Å². The lowest BCUT2D eigenvalue weighted by Crippen LogP contribution is -2.13. The highest BCUT2D eigenvalue weighted by Crippen LogP contribution is 2.24. The maximum atomic E-state index is 12.9. The zero-order valence-electron chi connectivity index (χ0n) is 19.7. The molecular weight excluding hydrogens is 486 g/mol. The lowest BCUT2D eigenvalue weighted by atomic mass is 10.1. The number of anilines is 2. The first-order chi connectivity index (χ1) is 16.6. The fourth-order valence-electron chi connectivity index (χ4n) is 3.42. The van der Waals surface area contributed by atoms with Crippen molar-refractivity contribution in [1.82, 2.24) is 4.98 Å². The topological polar surface area (TPSA) is 125 Å². The van der Waals surface area contributed by atoms with Crippen molar-refractivity contribution in [2.45, 2.75) is 44.6 Å².